The van der Waals surface area contributed by atoms with E-state index in [0.29, 0.717) is 6.54 Å². The average Bonchev–Trinajstić information content (AvgIpc) is 2.92. The van der Waals surface area contributed by atoms with E-state index in [1.165, 1.54) is 0 Å². The molecule has 1 heterocycles. The first-order chi connectivity index (χ1) is 10.7. The fourth-order valence-electron chi connectivity index (χ4n) is 1.90. The lowest BCUT2D eigenvalue weighted by molar-refractivity contribution is 0.0524. The Morgan fingerprint density at radius 2 is 1.91 bits per heavy atom. The summed E-state index contributed by atoms with van der Waals surface area (Å²) in [6.07, 6.45) is 1.37. The maximum absolute atomic E-state index is 11.7. The highest BCUT2D eigenvalue weighted by molar-refractivity contribution is 7.15. The van der Waals surface area contributed by atoms with E-state index in [2.05, 4.69) is 39.5 Å². The van der Waals surface area contributed by atoms with Gasteiger partial charge < -0.3 is 15.0 Å². The SMILES string of the molecule is CN(C)c1ccc(-c2ncc(CNC(=O)OC(C)(C)C)s2)cc1. The molecule has 2 rings (SSSR count). The number of thiazole rings is 1. The number of alkyl carbamates (subject to hydrolysis) is 1. The highest BCUT2D eigenvalue weighted by Gasteiger charge is 2.16. The lowest BCUT2D eigenvalue weighted by Gasteiger charge is -2.19. The number of hydrogen-bond acceptors (Lipinski definition) is 5. The number of rotatable bonds is 4. The second-order valence-corrected chi connectivity index (χ2v) is 7.54. The first-order valence-electron chi connectivity index (χ1n) is 7.44. The Bertz CT molecular complexity index is 657. The molecule has 1 amide bonds. The van der Waals surface area contributed by atoms with Crippen molar-refractivity contribution < 1.29 is 9.53 Å². The van der Waals surface area contributed by atoms with Crippen LogP contribution in [0.15, 0.2) is 30.5 Å². The van der Waals surface area contributed by atoms with Crippen LogP contribution in [0.1, 0.15) is 25.6 Å². The zero-order valence-electron chi connectivity index (χ0n) is 14.2. The number of nitrogens with zero attached hydrogens (tertiary/aromatic N) is 2. The zero-order valence-corrected chi connectivity index (χ0v) is 15.0. The minimum atomic E-state index is -0.489. The van der Waals surface area contributed by atoms with Gasteiger partial charge in [0.1, 0.15) is 10.6 Å². The van der Waals surface area contributed by atoms with Crippen molar-refractivity contribution in [3.05, 3.63) is 35.3 Å². The number of nitrogens with one attached hydrogen (secondary N) is 1. The van der Waals surface area contributed by atoms with Crippen LogP contribution in [0.3, 0.4) is 0 Å². The molecule has 0 aliphatic rings. The van der Waals surface area contributed by atoms with E-state index in [-0.39, 0.29) is 0 Å². The fraction of sp³-hybridized carbons (Fsp3) is 0.412. The minimum Gasteiger partial charge on any atom is -0.444 e. The summed E-state index contributed by atoms with van der Waals surface area (Å²) in [4.78, 5) is 19.1. The van der Waals surface area contributed by atoms with E-state index in [1.807, 2.05) is 34.9 Å². The molecule has 1 aromatic heterocycles. The number of hydrogen-bond donors (Lipinski definition) is 1. The number of amides is 1. The number of carbonyl (C=O) groups is 1. The van der Waals surface area contributed by atoms with Crippen LogP contribution in [0, 0.1) is 0 Å². The van der Waals surface area contributed by atoms with Gasteiger partial charge in [0, 0.05) is 36.4 Å². The van der Waals surface area contributed by atoms with Crippen LogP contribution in [-0.2, 0) is 11.3 Å². The van der Waals surface area contributed by atoms with Crippen LogP contribution in [0.25, 0.3) is 10.6 Å². The third-order valence-corrected chi connectivity index (χ3v) is 4.04. The number of carbonyl (C=O) groups excluding carboxylic acids is 1. The second kappa shape index (κ2) is 7.00. The largest absolute Gasteiger partial charge is 0.444 e. The third kappa shape index (κ3) is 5.25. The Labute approximate surface area is 141 Å². The summed E-state index contributed by atoms with van der Waals surface area (Å²) in [5, 5.41) is 3.69. The Hall–Kier alpha value is -2.08. The molecule has 0 atom stereocenters. The maximum Gasteiger partial charge on any atom is 0.407 e. The van der Waals surface area contributed by atoms with E-state index in [1.54, 1.807) is 17.5 Å². The van der Waals surface area contributed by atoms with E-state index in [0.717, 1.165) is 21.1 Å². The fourth-order valence-corrected chi connectivity index (χ4v) is 2.76. The van der Waals surface area contributed by atoms with Crippen molar-refractivity contribution in [1.29, 1.82) is 0 Å². The highest BCUT2D eigenvalue weighted by atomic mass is 32.1. The minimum absolute atomic E-state index is 0.414. The molecule has 0 bridgehead atoms. The van der Waals surface area contributed by atoms with Crippen LogP contribution in [0.5, 0.6) is 0 Å². The predicted molar refractivity (Wildman–Crippen MR) is 95.0 cm³/mol. The van der Waals surface area contributed by atoms with Crippen LogP contribution in [0.4, 0.5) is 10.5 Å². The van der Waals surface area contributed by atoms with Gasteiger partial charge in [-0.2, -0.15) is 0 Å². The van der Waals surface area contributed by atoms with Gasteiger partial charge in [0.15, 0.2) is 0 Å². The molecule has 0 aliphatic carbocycles. The highest BCUT2D eigenvalue weighted by Crippen LogP contribution is 2.26. The molecule has 0 unspecified atom stereocenters. The molecule has 5 nitrogen and oxygen atoms in total. The van der Waals surface area contributed by atoms with Gasteiger partial charge in [-0.15, -0.1) is 11.3 Å². The molecule has 0 spiro atoms. The first kappa shape index (κ1) is 17.3. The Morgan fingerprint density at radius 1 is 1.26 bits per heavy atom. The van der Waals surface area contributed by atoms with Crippen LogP contribution in [-0.4, -0.2) is 30.8 Å². The van der Waals surface area contributed by atoms with Crippen molar-refractivity contribution >= 4 is 23.1 Å². The molecule has 2 aromatic rings. The third-order valence-electron chi connectivity index (χ3n) is 2.99. The van der Waals surface area contributed by atoms with Crippen LogP contribution < -0.4 is 10.2 Å². The molecule has 0 fully saturated rings. The molecule has 0 aliphatic heterocycles. The molecular formula is C17H23N3O2S. The van der Waals surface area contributed by atoms with E-state index in [9.17, 15) is 4.79 Å². The average molecular weight is 333 g/mol. The van der Waals surface area contributed by atoms with Crippen molar-refractivity contribution in [2.24, 2.45) is 0 Å². The lowest BCUT2D eigenvalue weighted by Crippen LogP contribution is -2.31. The number of aromatic nitrogens is 1. The van der Waals surface area contributed by atoms with E-state index in [4.69, 9.17) is 4.74 Å². The van der Waals surface area contributed by atoms with Gasteiger partial charge >= 0.3 is 6.09 Å². The van der Waals surface area contributed by atoms with Crippen molar-refractivity contribution in [2.75, 3.05) is 19.0 Å². The smallest absolute Gasteiger partial charge is 0.407 e. The molecule has 23 heavy (non-hydrogen) atoms. The predicted octanol–water partition coefficient (Wildman–Crippen LogP) is 3.90. The Morgan fingerprint density at radius 3 is 2.48 bits per heavy atom. The standard InChI is InChI=1S/C17H23N3O2S/c1-17(2,3)22-16(21)19-11-14-10-18-15(23-14)12-6-8-13(9-7-12)20(4)5/h6-10H,11H2,1-5H3,(H,19,21). The topological polar surface area (TPSA) is 54.5 Å². The Kier molecular flexibility index (Phi) is 5.26. The number of ether oxygens (including phenoxy) is 1. The summed E-state index contributed by atoms with van der Waals surface area (Å²) in [5.41, 5.74) is 1.73. The summed E-state index contributed by atoms with van der Waals surface area (Å²) < 4.78 is 5.22. The summed E-state index contributed by atoms with van der Waals surface area (Å²) in [6, 6.07) is 8.24. The molecule has 1 aromatic carbocycles. The Balaban J connectivity index is 1.96. The zero-order chi connectivity index (χ0) is 17.0. The molecule has 124 valence electrons. The summed E-state index contributed by atoms with van der Waals surface area (Å²) in [5.74, 6) is 0. The van der Waals surface area contributed by atoms with Gasteiger partial charge in [0.2, 0.25) is 0 Å². The van der Waals surface area contributed by atoms with Crippen LogP contribution >= 0.6 is 11.3 Å². The van der Waals surface area contributed by atoms with Gasteiger partial charge in [0.25, 0.3) is 0 Å². The summed E-state index contributed by atoms with van der Waals surface area (Å²) in [7, 11) is 4.03. The van der Waals surface area contributed by atoms with Crippen LogP contribution in [0.2, 0.25) is 0 Å². The first-order valence-corrected chi connectivity index (χ1v) is 8.25. The maximum atomic E-state index is 11.7. The quantitative estimate of drug-likeness (QED) is 0.922. The molecule has 6 heteroatoms. The van der Waals surface area contributed by atoms with Crippen molar-refractivity contribution in [3.8, 4) is 10.6 Å². The van der Waals surface area contributed by atoms with Gasteiger partial charge in [-0.25, -0.2) is 9.78 Å². The van der Waals surface area contributed by atoms with Crippen molar-refractivity contribution in [1.82, 2.24) is 10.3 Å². The lowest BCUT2D eigenvalue weighted by atomic mass is 10.2. The molecular weight excluding hydrogens is 310 g/mol. The number of anilines is 1. The molecule has 0 radical (unpaired) electrons. The van der Waals surface area contributed by atoms with Gasteiger partial charge in [-0.3, -0.25) is 0 Å². The normalized spacial score (nSPS) is 11.2. The summed E-state index contributed by atoms with van der Waals surface area (Å²) in [6.45, 7) is 5.95. The second-order valence-electron chi connectivity index (χ2n) is 6.43. The number of benzene rings is 1. The van der Waals surface area contributed by atoms with Gasteiger partial charge in [-0.05, 0) is 45.0 Å². The van der Waals surface area contributed by atoms with Gasteiger partial charge in [0.05, 0.1) is 6.54 Å². The molecule has 0 saturated heterocycles. The van der Waals surface area contributed by atoms with Crippen molar-refractivity contribution in [3.63, 3.8) is 0 Å². The van der Waals surface area contributed by atoms with E-state index < -0.39 is 11.7 Å². The van der Waals surface area contributed by atoms with E-state index >= 15 is 0 Å². The van der Waals surface area contributed by atoms with Crippen molar-refractivity contribution in [2.45, 2.75) is 32.9 Å². The molecule has 0 saturated carbocycles. The van der Waals surface area contributed by atoms with Gasteiger partial charge in [-0.1, -0.05) is 0 Å². The monoisotopic (exact) mass is 333 g/mol. The summed E-state index contributed by atoms with van der Waals surface area (Å²) >= 11 is 1.57. The molecule has 1 N–H and O–H groups in total.